The molecular formula is C21H22N4O2. The van der Waals surface area contributed by atoms with Crippen LogP contribution in [0.1, 0.15) is 23.1 Å². The van der Waals surface area contributed by atoms with Gasteiger partial charge in [0.2, 0.25) is 0 Å². The molecule has 0 radical (unpaired) electrons. The van der Waals surface area contributed by atoms with E-state index in [1.165, 1.54) is 23.1 Å². The maximum Gasteiger partial charge on any atom is 0.263 e. The zero-order chi connectivity index (χ0) is 18.5. The molecule has 1 aliphatic carbocycles. The minimum Gasteiger partial charge on any atom is -0.484 e. The fourth-order valence-electron chi connectivity index (χ4n) is 3.31. The van der Waals surface area contributed by atoms with Crippen LogP contribution < -0.4 is 10.1 Å². The van der Waals surface area contributed by atoms with Crippen molar-refractivity contribution in [3.63, 3.8) is 0 Å². The van der Waals surface area contributed by atoms with Gasteiger partial charge in [-0.3, -0.25) is 14.5 Å². The largest absolute Gasteiger partial charge is 0.484 e. The molecule has 1 amide bonds. The van der Waals surface area contributed by atoms with Crippen molar-refractivity contribution in [1.29, 1.82) is 0 Å². The topological polar surface area (TPSA) is 69.0 Å². The summed E-state index contributed by atoms with van der Waals surface area (Å²) in [6, 6.07) is 11.8. The summed E-state index contributed by atoms with van der Waals surface area (Å²) in [5.41, 5.74) is 3.93. The van der Waals surface area contributed by atoms with E-state index in [1.807, 2.05) is 35.1 Å². The van der Waals surface area contributed by atoms with Crippen LogP contribution in [-0.2, 0) is 30.6 Å². The van der Waals surface area contributed by atoms with Crippen LogP contribution in [0.15, 0.2) is 55.0 Å². The highest BCUT2D eigenvalue weighted by Gasteiger charge is 2.12. The second-order valence-electron chi connectivity index (χ2n) is 6.69. The quantitative estimate of drug-likeness (QED) is 0.701. The van der Waals surface area contributed by atoms with Gasteiger partial charge in [-0.2, -0.15) is 5.10 Å². The van der Waals surface area contributed by atoms with Crippen LogP contribution in [0.5, 0.6) is 5.75 Å². The van der Waals surface area contributed by atoms with Gasteiger partial charge in [0.1, 0.15) is 5.75 Å². The van der Waals surface area contributed by atoms with E-state index in [1.54, 1.807) is 18.5 Å². The Morgan fingerprint density at radius 2 is 1.96 bits per heavy atom. The number of ether oxygens (including phenoxy) is 1. The maximum absolute atomic E-state index is 12.1. The number of hydrogen-bond acceptors (Lipinski definition) is 4. The number of carbonyl (C=O) groups excluding carboxylic acids is 1. The molecule has 0 bridgehead atoms. The molecule has 0 unspecified atom stereocenters. The SMILES string of the molecule is O=C(COc1ccc2c(c1)CCC2)Nc1ccn(CCc2ccncc2)n1. The van der Waals surface area contributed by atoms with Gasteiger partial charge in [-0.15, -0.1) is 0 Å². The first-order valence-electron chi connectivity index (χ1n) is 9.23. The van der Waals surface area contributed by atoms with E-state index in [-0.39, 0.29) is 12.5 Å². The molecule has 2 heterocycles. The van der Waals surface area contributed by atoms with Gasteiger partial charge in [0.15, 0.2) is 12.4 Å². The molecule has 3 aromatic rings. The zero-order valence-corrected chi connectivity index (χ0v) is 15.1. The molecule has 1 aromatic carbocycles. The molecule has 6 nitrogen and oxygen atoms in total. The van der Waals surface area contributed by atoms with Crippen LogP contribution in [0.25, 0.3) is 0 Å². The summed E-state index contributed by atoms with van der Waals surface area (Å²) in [5, 5.41) is 7.16. The summed E-state index contributed by atoms with van der Waals surface area (Å²) in [5.74, 6) is 1.07. The second-order valence-corrected chi connectivity index (χ2v) is 6.69. The Labute approximate surface area is 158 Å². The number of anilines is 1. The normalized spacial score (nSPS) is 12.6. The fourth-order valence-corrected chi connectivity index (χ4v) is 3.31. The smallest absolute Gasteiger partial charge is 0.263 e. The van der Waals surface area contributed by atoms with E-state index in [4.69, 9.17) is 4.74 Å². The van der Waals surface area contributed by atoms with Crippen LogP contribution >= 0.6 is 0 Å². The third-order valence-electron chi connectivity index (χ3n) is 4.73. The molecule has 6 heteroatoms. The first kappa shape index (κ1) is 17.3. The molecule has 0 spiro atoms. The molecule has 138 valence electrons. The summed E-state index contributed by atoms with van der Waals surface area (Å²) in [6.45, 7) is 0.716. The van der Waals surface area contributed by atoms with Crippen LogP contribution in [0.3, 0.4) is 0 Å². The molecule has 0 atom stereocenters. The lowest BCUT2D eigenvalue weighted by atomic mass is 10.1. The number of pyridine rings is 1. The molecule has 1 N–H and O–H groups in total. The molecule has 27 heavy (non-hydrogen) atoms. The Balaban J connectivity index is 1.25. The van der Waals surface area contributed by atoms with Gasteiger partial charge in [0.25, 0.3) is 5.91 Å². The van der Waals surface area contributed by atoms with Crippen molar-refractivity contribution in [2.75, 3.05) is 11.9 Å². The summed E-state index contributed by atoms with van der Waals surface area (Å²) in [4.78, 5) is 16.1. The first-order chi connectivity index (χ1) is 13.3. The second kappa shape index (κ2) is 8.03. The number of rotatable bonds is 7. The Hall–Kier alpha value is -3.15. The summed E-state index contributed by atoms with van der Waals surface area (Å²) in [6.07, 6.45) is 9.71. The average molecular weight is 362 g/mol. The lowest BCUT2D eigenvalue weighted by Crippen LogP contribution is -2.20. The molecule has 0 fully saturated rings. The van der Waals surface area contributed by atoms with Gasteiger partial charge in [0.05, 0.1) is 0 Å². The molecule has 0 saturated carbocycles. The Bertz CT molecular complexity index is 921. The van der Waals surface area contributed by atoms with Crippen LogP contribution in [0.2, 0.25) is 0 Å². The van der Waals surface area contributed by atoms with Crippen molar-refractivity contribution >= 4 is 11.7 Å². The van der Waals surface area contributed by atoms with Gasteiger partial charge in [0, 0.05) is 31.2 Å². The number of amides is 1. The van der Waals surface area contributed by atoms with E-state index in [2.05, 4.69) is 21.5 Å². The minimum absolute atomic E-state index is 0.0251. The van der Waals surface area contributed by atoms with Gasteiger partial charge in [-0.25, -0.2) is 0 Å². The number of fused-ring (bicyclic) bond motifs is 1. The highest BCUT2D eigenvalue weighted by molar-refractivity contribution is 5.90. The van der Waals surface area contributed by atoms with Gasteiger partial charge in [-0.05, 0) is 66.6 Å². The van der Waals surface area contributed by atoms with Crippen molar-refractivity contribution in [1.82, 2.24) is 14.8 Å². The number of benzene rings is 1. The van der Waals surface area contributed by atoms with Crippen molar-refractivity contribution in [3.05, 3.63) is 71.7 Å². The standard InChI is InChI=1S/C21H22N4O2/c26-21(15-27-19-5-4-17-2-1-3-18(17)14-19)23-20-9-13-25(24-20)12-8-16-6-10-22-11-7-16/h4-7,9-11,13-14H,1-3,8,12,15H2,(H,23,24,26). The monoisotopic (exact) mass is 362 g/mol. The molecule has 1 aliphatic rings. The number of aromatic nitrogens is 3. The number of nitrogens with one attached hydrogen (secondary N) is 1. The molecule has 0 saturated heterocycles. The Morgan fingerprint density at radius 1 is 1.11 bits per heavy atom. The number of carbonyl (C=O) groups is 1. The van der Waals surface area contributed by atoms with E-state index >= 15 is 0 Å². The average Bonchev–Trinajstić information content (AvgIpc) is 3.34. The summed E-state index contributed by atoms with van der Waals surface area (Å²) < 4.78 is 7.44. The highest BCUT2D eigenvalue weighted by atomic mass is 16.5. The predicted molar refractivity (Wildman–Crippen MR) is 103 cm³/mol. The van der Waals surface area contributed by atoms with Gasteiger partial charge >= 0.3 is 0 Å². The lowest BCUT2D eigenvalue weighted by molar-refractivity contribution is -0.118. The van der Waals surface area contributed by atoms with Crippen molar-refractivity contribution in [3.8, 4) is 5.75 Å². The van der Waals surface area contributed by atoms with E-state index in [0.717, 1.165) is 31.6 Å². The Morgan fingerprint density at radius 3 is 2.85 bits per heavy atom. The van der Waals surface area contributed by atoms with E-state index < -0.39 is 0 Å². The third kappa shape index (κ3) is 4.53. The number of nitrogens with zero attached hydrogens (tertiary/aromatic N) is 3. The minimum atomic E-state index is -0.213. The summed E-state index contributed by atoms with van der Waals surface area (Å²) >= 11 is 0. The van der Waals surface area contributed by atoms with E-state index in [9.17, 15) is 4.79 Å². The van der Waals surface area contributed by atoms with Gasteiger partial charge < -0.3 is 10.1 Å². The highest BCUT2D eigenvalue weighted by Crippen LogP contribution is 2.25. The van der Waals surface area contributed by atoms with Crippen LogP contribution in [0.4, 0.5) is 5.82 Å². The van der Waals surface area contributed by atoms with Crippen LogP contribution in [-0.4, -0.2) is 27.3 Å². The van der Waals surface area contributed by atoms with Gasteiger partial charge in [-0.1, -0.05) is 6.07 Å². The molecular weight excluding hydrogens is 340 g/mol. The number of aryl methyl sites for hydroxylation is 4. The maximum atomic E-state index is 12.1. The third-order valence-corrected chi connectivity index (χ3v) is 4.73. The van der Waals surface area contributed by atoms with E-state index in [0.29, 0.717) is 5.82 Å². The number of hydrogen-bond donors (Lipinski definition) is 1. The van der Waals surface area contributed by atoms with Crippen molar-refractivity contribution in [2.45, 2.75) is 32.2 Å². The predicted octanol–water partition coefficient (Wildman–Crippen LogP) is 3.03. The first-order valence-corrected chi connectivity index (χ1v) is 9.23. The van der Waals surface area contributed by atoms with Crippen molar-refractivity contribution < 1.29 is 9.53 Å². The summed E-state index contributed by atoms with van der Waals surface area (Å²) in [7, 11) is 0. The van der Waals surface area contributed by atoms with Crippen molar-refractivity contribution in [2.24, 2.45) is 0 Å². The molecule has 4 rings (SSSR count). The molecule has 0 aliphatic heterocycles. The lowest BCUT2D eigenvalue weighted by Gasteiger charge is -2.08. The fraction of sp³-hybridized carbons (Fsp3) is 0.286. The van der Waals surface area contributed by atoms with Crippen LogP contribution in [0, 0.1) is 0 Å². The Kier molecular flexibility index (Phi) is 5.14. The zero-order valence-electron chi connectivity index (χ0n) is 15.1. The molecule has 2 aromatic heterocycles.